The van der Waals surface area contributed by atoms with Crippen molar-refractivity contribution in [1.82, 2.24) is 4.90 Å². The number of piperidine rings is 3. The Kier molecular flexibility index (Phi) is 2.99. The van der Waals surface area contributed by atoms with Gasteiger partial charge < -0.3 is 5.11 Å². The van der Waals surface area contributed by atoms with E-state index >= 15 is 0 Å². The lowest BCUT2D eigenvalue weighted by molar-refractivity contribution is -0.0774. The fraction of sp³-hybridized carbons (Fsp3) is 0.923. The van der Waals surface area contributed by atoms with Crippen molar-refractivity contribution in [3.8, 4) is 0 Å². The van der Waals surface area contributed by atoms with E-state index < -0.39 is 0 Å². The van der Waals surface area contributed by atoms with E-state index in [1.165, 1.54) is 38.8 Å². The van der Waals surface area contributed by atoms with Crippen molar-refractivity contribution < 1.29 is 5.11 Å². The molecule has 0 amide bonds. The molecule has 3 fully saturated rings. The third-order valence-corrected chi connectivity index (χ3v) is 4.64. The Morgan fingerprint density at radius 1 is 1.25 bits per heavy atom. The quantitative estimate of drug-likeness (QED) is 0.764. The van der Waals surface area contributed by atoms with Gasteiger partial charge in [0.15, 0.2) is 0 Å². The molecule has 2 bridgehead atoms. The molecule has 0 spiro atoms. The fourth-order valence-electron chi connectivity index (χ4n) is 3.64. The summed E-state index contributed by atoms with van der Waals surface area (Å²) in [6.45, 7) is 3.42. The van der Waals surface area contributed by atoms with Gasteiger partial charge in [0, 0.05) is 18.8 Å². The molecule has 0 aliphatic carbocycles. The van der Waals surface area contributed by atoms with E-state index in [-0.39, 0.29) is 6.10 Å². The molecule has 4 aliphatic heterocycles. The van der Waals surface area contributed by atoms with Crippen molar-refractivity contribution in [2.75, 3.05) is 19.6 Å². The Hall–Kier alpha value is -0.410. The van der Waals surface area contributed by atoms with E-state index in [0.717, 1.165) is 13.0 Å². The molecule has 3 nitrogen and oxygen atoms in total. The lowest BCUT2D eigenvalue weighted by Crippen LogP contribution is -2.58. The smallest absolute Gasteiger partial charge is 0.0724 e. The maximum atomic E-state index is 10.3. The average Bonchev–Trinajstić information content (AvgIpc) is 2.36. The Labute approximate surface area is 97.6 Å². The van der Waals surface area contributed by atoms with Crippen molar-refractivity contribution in [3.63, 3.8) is 0 Å². The molecule has 3 saturated heterocycles. The summed E-state index contributed by atoms with van der Waals surface area (Å²) in [5.41, 5.74) is 0. The Bertz CT molecular complexity index is 269. The molecule has 16 heavy (non-hydrogen) atoms. The molecule has 1 N–H and O–H groups in total. The zero-order valence-corrected chi connectivity index (χ0v) is 9.89. The summed E-state index contributed by atoms with van der Waals surface area (Å²) in [5.74, 6) is 1.20. The predicted molar refractivity (Wildman–Crippen MR) is 64.8 cm³/mol. The van der Waals surface area contributed by atoms with Crippen LogP contribution in [0.5, 0.6) is 0 Å². The van der Waals surface area contributed by atoms with E-state index in [2.05, 4.69) is 16.1 Å². The van der Waals surface area contributed by atoms with Crippen LogP contribution in [-0.4, -0.2) is 48.0 Å². The summed E-state index contributed by atoms with van der Waals surface area (Å²) in [7, 11) is 0. The molecule has 0 aromatic carbocycles. The molecule has 4 heterocycles. The second-order valence-electron chi connectivity index (χ2n) is 5.62. The van der Waals surface area contributed by atoms with Gasteiger partial charge in [-0.2, -0.15) is 0 Å². The number of aliphatic hydroxyl groups is 1. The molecule has 4 aliphatic rings. The lowest BCUT2D eigenvalue weighted by Gasteiger charge is -2.49. The standard InChI is InChI=1S/C13H22N2O/c16-13-11-3-6-15(7-4-11)12(13)8-10-2-1-5-14-9-10/h9-13,16H,1-8H2/t10?,12-,13?/m1/s1. The van der Waals surface area contributed by atoms with Gasteiger partial charge in [0.2, 0.25) is 0 Å². The molecule has 4 rings (SSSR count). The minimum atomic E-state index is -0.0715. The summed E-state index contributed by atoms with van der Waals surface area (Å²) in [6.07, 6.45) is 8.10. The summed E-state index contributed by atoms with van der Waals surface area (Å²) in [5, 5.41) is 10.3. The summed E-state index contributed by atoms with van der Waals surface area (Å²) in [4.78, 5) is 6.89. The number of hydrogen-bond acceptors (Lipinski definition) is 3. The van der Waals surface area contributed by atoms with Crippen LogP contribution in [0.4, 0.5) is 0 Å². The molecule has 0 saturated carbocycles. The van der Waals surface area contributed by atoms with Crippen molar-refractivity contribution in [2.45, 2.75) is 44.2 Å². The molecule has 0 aromatic rings. The molecule has 90 valence electrons. The second-order valence-corrected chi connectivity index (χ2v) is 5.62. The molecule has 3 atom stereocenters. The first-order valence-corrected chi connectivity index (χ1v) is 6.76. The van der Waals surface area contributed by atoms with E-state index in [1.807, 2.05) is 0 Å². The van der Waals surface area contributed by atoms with Crippen LogP contribution in [0.1, 0.15) is 32.1 Å². The van der Waals surface area contributed by atoms with Crippen LogP contribution in [0.2, 0.25) is 0 Å². The van der Waals surface area contributed by atoms with Crippen molar-refractivity contribution >= 4 is 6.21 Å². The monoisotopic (exact) mass is 222 g/mol. The van der Waals surface area contributed by atoms with Gasteiger partial charge >= 0.3 is 0 Å². The van der Waals surface area contributed by atoms with Crippen LogP contribution in [0, 0.1) is 11.8 Å². The number of aliphatic hydroxyl groups excluding tert-OH is 1. The maximum absolute atomic E-state index is 10.3. The zero-order chi connectivity index (χ0) is 11.0. The number of aliphatic imine (C=N–C) groups is 1. The van der Waals surface area contributed by atoms with Crippen LogP contribution in [0.25, 0.3) is 0 Å². The molecule has 0 aromatic heterocycles. The highest BCUT2D eigenvalue weighted by Gasteiger charge is 2.41. The van der Waals surface area contributed by atoms with Crippen molar-refractivity contribution in [3.05, 3.63) is 0 Å². The molecule has 0 radical (unpaired) electrons. The number of hydrogen-bond donors (Lipinski definition) is 1. The van der Waals surface area contributed by atoms with E-state index in [0.29, 0.717) is 17.9 Å². The van der Waals surface area contributed by atoms with Gasteiger partial charge in [-0.15, -0.1) is 0 Å². The van der Waals surface area contributed by atoms with Gasteiger partial charge in [0.1, 0.15) is 0 Å². The molecule has 2 unspecified atom stereocenters. The highest BCUT2D eigenvalue weighted by Crippen LogP contribution is 2.35. The predicted octanol–water partition coefficient (Wildman–Crippen LogP) is 1.31. The highest BCUT2D eigenvalue weighted by atomic mass is 16.3. The van der Waals surface area contributed by atoms with Crippen LogP contribution in [-0.2, 0) is 0 Å². The van der Waals surface area contributed by atoms with Crippen molar-refractivity contribution in [2.24, 2.45) is 16.8 Å². The maximum Gasteiger partial charge on any atom is 0.0724 e. The third kappa shape index (κ3) is 1.91. The summed E-state index contributed by atoms with van der Waals surface area (Å²) in [6, 6.07) is 0.419. The Morgan fingerprint density at radius 2 is 2.06 bits per heavy atom. The topological polar surface area (TPSA) is 35.8 Å². The third-order valence-electron chi connectivity index (χ3n) is 4.64. The van der Waals surface area contributed by atoms with Crippen LogP contribution in [0.15, 0.2) is 4.99 Å². The van der Waals surface area contributed by atoms with E-state index in [1.54, 1.807) is 0 Å². The Balaban J connectivity index is 1.65. The lowest BCUT2D eigenvalue weighted by atomic mass is 9.77. The second kappa shape index (κ2) is 4.46. The van der Waals surface area contributed by atoms with Gasteiger partial charge in [-0.25, -0.2) is 0 Å². The first kappa shape index (κ1) is 10.7. The number of fused-ring (bicyclic) bond motifs is 3. The Morgan fingerprint density at radius 3 is 2.69 bits per heavy atom. The van der Waals surface area contributed by atoms with Crippen molar-refractivity contribution in [1.29, 1.82) is 0 Å². The van der Waals surface area contributed by atoms with Gasteiger partial charge in [-0.05, 0) is 57.0 Å². The fourth-order valence-corrected chi connectivity index (χ4v) is 3.64. The number of nitrogens with zero attached hydrogens (tertiary/aromatic N) is 2. The summed E-state index contributed by atoms with van der Waals surface area (Å²) < 4.78 is 0. The minimum Gasteiger partial charge on any atom is -0.391 e. The SMILES string of the molecule is OC1C2CCN(CC2)[C@@H]1CC1C=NCCC1. The van der Waals surface area contributed by atoms with Gasteiger partial charge in [-0.3, -0.25) is 9.89 Å². The summed E-state index contributed by atoms with van der Waals surface area (Å²) >= 11 is 0. The first-order valence-electron chi connectivity index (χ1n) is 6.76. The largest absolute Gasteiger partial charge is 0.391 e. The molecule has 3 heteroatoms. The van der Waals surface area contributed by atoms with Gasteiger partial charge in [-0.1, -0.05) is 0 Å². The highest BCUT2D eigenvalue weighted by molar-refractivity contribution is 5.61. The normalized spacial score (nSPS) is 47.2. The first-order chi connectivity index (χ1) is 7.84. The van der Waals surface area contributed by atoms with Crippen LogP contribution in [0.3, 0.4) is 0 Å². The van der Waals surface area contributed by atoms with E-state index in [4.69, 9.17) is 0 Å². The van der Waals surface area contributed by atoms with Gasteiger partial charge in [0.05, 0.1) is 6.10 Å². The van der Waals surface area contributed by atoms with Crippen LogP contribution < -0.4 is 0 Å². The molecular formula is C13H22N2O. The zero-order valence-electron chi connectivity index (χ0n) is 9.89. The molecular weight excluding hydrogens is 200 g/mol. The number of rotatable bonds is 2. The minimum absolute atomic E-state index is 0.0715. The van der Waals surface area contributed by atoms with Crippen LogP contribution >= 0.6 is 0 Å². The van der Waals surface area contributed by atoms with Gasteiger partial charge in [0.25, 0.3) is 0 Å². The van der Waals surface area contributed by atoms with E-state index in [9.17, 15) is 5.11 Å². The average molecular weight is 222 g/mol.